The molecule has 0 fully saturated rings. The van der Waals surface area contributed by atoms with Crippen molar-refractivity contribution in [2.75, 3.05) is 19.0 Å². The van der Waals surface area contributed by atoms with E-state index in [1.54, 1.807) is 23.1 Å². The van der Waals surface area contributed by atoms with Crippen molar-refractivity contribution >= 4 is 28.5 Å². The molecule has 3 aromatic rings. The quantitative estimate of drug-likeness (QED) is 0.603. The molecular weight excluding hydrogens is 412 g/mol. The van der Waals surface area contributed by atoms with E-state index in [0.29, 0.717) is 23.4 Å². The summed E-state index contributed by atoms with van der Waals surface area (Å²) in [4.78, 5) is 25.7. The van der Waals surface area contributed by atoms with E-state index in [2.05, 4.69) is 41.7 Å². The number of oxime groups is 1. The number of hydrogen-bond donors (Lipinski definition) is 2. The second kappa shape index (κ2) is 8.89. The molecule has 0 aliphatic carbocycles. The van der Waals surface area contributed by atoms with E-state index in [-0.39, 0.29) is 18.7 Å². The average molecular weight is 434 g/mol. The van der Waals surface area contributed by atoms with Gasteiger partial charge >= 0.3 is 6.09 Å². The van der Waals surface area contributed by atoms with Crippen LogP contribution in [-0.4, -0.2) is 57.4 Å². The van der Waals surface area contributed by atoms with E-state index in [9.17, 15) is 4.79 Å². The van der Waals surface area contributed by atoms with Crippen molar-refractivity contribution in [1.82, 2.24) is 25.1 Å². The maximum absolute atomic E-state index is 11.3. The number of anilines is 1. The van der Waals surface area contributed by atoms with Crippen LogP contribution in [0.5, 0.6) is 0 Å². The van der Waals surface area contributed by atoms with E-state index < -0.39 is 6.09 Å². The first-order valence-electron chi connectivity index (χ1n) is 10.0. The molecule has 1 aliphatic heterocycles. The molecule has 1 amide bonds. The number of fused-ring (bicyclic) bond motifs is 1. The lowest BCUT2D eigenvalue weighted by molar-refractivity contribution is 0.0827. The summed E-state index contributed by atoms with van der Waals surface area (Å²) in [5, 5.41) is 24.5. The Labute approximate surface area is 184 Å². The summed E-state index contributed by atoms with van der Waals surface area (Å²) in [6.45, 7) is 4.36. The van der Waals surface area contributed by atoms with Gasteiger partial charge in [0.25, 0.3) is 0 Å². The highest BCUT2D eigenvalue weighted by molar-refractivity contribution is 6.05. The van der Waals surface area contributed by atoms with Crippen molar-refractivity contribution < 1.29 is 14.4 Å². The highest BCUT2D eigenvalue weighted by Crippen LogP contribution is 2.26. The Bertz CT molecular complexity index is 1230. The third-order valence-electron chi connectivity index (χ3n) is 4.79. The van der Waals surface area contributed by atoms with Gasteiger partial charge in [0.1, 0.15) is 6.07 Å². The second-order valence-corrected chi connectivity index (χ2v) is 7.53. The first-order valence-corrected chi connectivity index (χ1v) is 10.0. The van der Waals surface area contributed by atoms with Crippen LogP contribution >= 0.6 is 0 Å². The number of nitrogens with zero attached hydrogens (tertiary/aromatic N) is 6. The Hall–Kier alpha value is -4.20. The van der Waals surface area contributed by atoms with Crippen LogP contribution in [0.3, 0.4) is 0 Å². The van der Waals surface area contributed by atoms with Gasteiger partial charge in [-0.25, -0.2) is 14.8 Å². The minimum atomic E-state index is -0.516. The number of carbonyl (C=O) groups excluding carboxylic acids is 1. The summed E-state index contributed by atoms with van der Waals surface area (Å²) in [6, 6.07) is 5.86. The molecule has 0 radical (unpaired) electrons. The Balaban J connectivity index is 1.62. The highest BCUT2D eigenvalue weighted by Gasteiger charge is 2.25. The molecule has 11 heteroatoms. The van der Waals surface area contributed by atoms with Crippen molar-refractivity contribution in [2.24, 2.45) is 5.16 Å². The predicted molar refractivity (Wildman–Crippen MR) is 117 cm³/mol. The van der Waals surface area contributed by atoms with Crippen LogP contribution in [0.25, 0.3) is 16.9 Å². The second-order valence-electron chi connectivity index (χ2n) is 7.53. The van der Waals surface area contributed by atoms with Gasteiger partial charge < -0.3 is 20.2 Å². The molecule has 0 saturated carbocycles. The van der Waals surface area contributed by atoms with Crippen LogP contribution in [0, 0.1) is 11.3 Å². The molecule has 0 spiro atoms. The number of alkyl carbamates (subject to hydrolysis) is 1. The molecule has 2 N–H and O–H groups in total. The Kier molecular flexibility index (Phi) is 5.85. The van der Waals surface area contributed by atoms with Crippen LogP contribution in [0.2, 0.25) is 0 Å². The van der Waals surface area contributed by atoms with Crippen molar-refractivity contribution in [3.8, 4) is 11.9 Å². The van der Waals surface area contributed by atoms with Crippen LogP contribution in [0.15, 0.2) is 35.9 Å². The number of carbonyl (C=O) groups is 1. The number of methoxy groups -OCH3 is 1. The molecule has 3 aromatic heterocycles. The number of hydrogen-bond acceptors (Lipinski definition) is 9. The fourth-order valence-electron chi connectivity index (χ4n) is 3.34. The fraction of sp³-hybridized carbons (Fsp3) is 0.333. The number of nitriles is 1. The van der Waals surface area contributed by atoms with Gasteiger partial charge in [-0.1, -0.05) is 5.16 Å². The minimum Gasteiger partial charge on any atom is -0.453 e. The number of rotatable bonds is 6. The molecule has 4 heterocycles. The molecule has 0 aromatic carbocycles. The normalized spacial score (nSPS) is 15.2. The summed E-state index contributed by atoms with van der Waals surface area (Å²) >= 11 is 0. The summed E-state index contributed by atoms with van der Waals surface area (Å²) in [5.74, 6) is 0.576. The largest absolute Gasteiger partial charge is 0.453 e. The number of nitrogens with one attached hydrogen (secondary N) is 2. The van der Waals surface area contributed by atoms with Crippen molar-refractivity contribution in [3.05, 3.63) is 41.9 Å². The van der Waals surface area contributed by atoms with E-state index in [1.807, 2.05) is 19.9 Å². The monoisotopic (exact) mass is 434 g/mol. The lowest BCUT2D eigenvalue weighted by Crippen LogP contribution is -2.32. The van der Waals surface area contributed by atoms with Crippen LogP contribution in [-0.2, 0) is 9.57 Å². The van der Waals surface area contributed by atoms with E-state index in [0.717, 1.165) is 22.3 Å². The van der Waals surface area contributed by atoms with Crippen molar-refractivity contribution in [1.29, 1.82) is 5.26 Å². The standard InChI is InChI=1S/C21H22N8O3/c1-12(2)27-17-6-19(29-20-14(9-26-29)4-13(7-22)8-24-20)23-11-16(17)18-5-15(32-28-18)10-25-21(30)31-3/h4,6,8-9,11-12,15H,5,10H2,1-3H3,(H,23,27)(H,25,30). The maximum atomic E-state index is 11.3. The Morgan fingerprint density at radius 3 is 2.94 bits per heavy atom. The zero-order chi connectivity index (χ0) is 22.7. The van der Waals surface area contributed by atoms with Gasteiger partial charge in [0.05, 0.1) is 31.1 Å². The zero-order valence-electron chi connectivity index (χ0n) is 17.9. The van der Waals surface area contributed by atoms with E-state index in [4.69, 9.17) is 10.1 Å². The number of pyridine rings is 2. The molecule has 32 heavy (non-hydrogen) atoms. The SMILES string of the molecule is COC(=O)NCC1CC(c2cnc(-n3ncc4cc(C#N)cnc43)cc2NC(C)C)=NO1. The van der Waals surface area contributed by atoms with Gasteiger partial charge in [0.2, 0.25) is 0 Å². The minimum absolute atomic E-state index is 0.161. The third-order valence-corrected chi connectivity index (χ3v) is 4.79. The molecule has 164 valence electrons. The summed E-state index contributed by atoms with van der Waals surface area (Å²) in [6.07, 6.45) is 4.59. The predicted octanol–water partition coefficient (Wildman–Crippen LogP) is 2.36. The lowest BCUT2D eigenvalue weighted by Gasteiger charge is -2.16. The van der Waals surface area contributed by atoms with Crippen LogP contribution < -0.4 is 10.6 Å². The van der Waals surface area contributed by atoms with Gasteiger partial charge in [-0.3, -0.25) is 0 Å². The molecule has 0 bridgehead atoms. The molecule has 1 atom stereocenters. The number of ether oxygens (including phenoxy) is 1. The average Bonchev–Trinajstić information content (AvgIpc) is 3.43. The first kappa shape index (κ1) is 21.0. The molecule has 1 unspecified atom stereocenters. The molecule has 11 nitrogen and oxygen atoms in total. The molecule has 1 aliphatic rings. The van der Waals surface area contributed by atoms with Gasteiger partial charge in [-0.05, 0) is 19.9 Å². The van der Waals surface area contributed by atoms with Crippen LogP contribution in [0.4, 0.5) is 10.5 Å². The van der Waals surface area contributed by atoms with Crippen molar-refractivity contribution in [3.63, 3.8) is 0 Å². The summed E-state index contributed by atoms with van der Waals surface area (Å²) in [7, 11) is 1.31. The highest BCUT2D eigenvalue weighted by atomic mass is 16.6. The number of aromatic nitrogens is 4. The Morgan fingerprint density at radius 1 is 1.34 bits per heavy atom. The van der Waals surface area contributed by atoms with Gasteiger partial charge in [0.15, 0.2) is 17.6 Å². The van der Waals surface area contributed by atoms with Gasteiger partial charge in [-0.2, -0.15) is 15.0 Å². The van der Waals surface area contributed by atoms with Crippen LogP contribution in [0.1, 0.15) is 31.4 Å². The Morgan fingerprint density at radius 2 is 2.19 bits per heavy atom. The smallest absolute Gasteiger partial charge is 0.406 e. The van der Waals surface area contributed by atoms with E-state index >= 15 is 0 Å². The van der Waals surface area contributed by atoms with Crippen molar-refractivity contribution in [2.45, 2.75) is 32.4 Å². The fourth-order valence-corrected chi connectivity index (χ4v) is 3.34. The summed E-state index contributed by atoms with van der Waals surface area (Å²) < 4.78 is 6.21. The molecular formula is C21H22N8O3. The first-order chi connectivity index (χ1) is 15.5. The van der Waals surface area contributed by atoms with Gasteiger partial charge in [-0.15, -0.1) is 0 Å². The molecule has 0 saturated heterocycles. The van der Waals surface area contributed by atoms with E-state index in [1.165, 1.54) is 13.3 Å². The molecule has 4 rings (SSSR count). The third kappa shape index (κ3) is 4.29. The van der Waals surface area contributed by atoms with Gasteiger partial charge in [0, 0.05) is 47.6 Å². The maximum Gasteiger partial charge on any atom is 0.406 e. The number of amides is 1. The summed E-state index contributed by atoms with van der Waals surface area (Å²) in [5.41, 5.74) is 3.43. The lowest BCUT2D eigenvalue weighted by atomic mass is 10.0. The topological polar surface area (TPSA) is 139 Å². The zero-order valence-corrected chi connectivity index (χ0v) is 17.9.